The molecule has 0 spiro atoms. The zero-order valence-electron chi connectivity index (χ0n) is 36.9. The fourth-order valence-corrected chi connectivity index (χ4v) is 8.49. The Balaban J connectivity index is 0.000000196. The molecule has 2 aliphatic rings. The molecule has 340 valence electrons. The molecule has 0 unspecified atom stereocenters. The Morgan fingerprint density at radius 1 is 0.455 bits per heavy atom. The van der Waals surface area contributed by atoms with Gasteiger partial charge in [0, 0.05) is 48.6 Å². The fraction of sp³-hybridized carbons (Fsp3) is 0.273. The molecule has 66 heavy (non-hydrogen) atoms. The first-order chi connectivity index (χ1) is 32.1. The lowest BCUT2D eigenvalue weighted by atomic mass is 9.89. The molecule has 2 amide bonds. The van der Waals surface area contributed by atoms with E-state index in [1.165, 1.54) is 12.1 Å². The van der Waals surface area contributed by atoms with Gasteiger partial charge in [-0.3, -0.25) is 19.2 Å². The molecule has 0 bridgehead atoms. The quantitative estimate of drug-likeness (QED) is 0.0763. The molecule has 8 nitrogen and oxygen atoms in total. The lowest BCUT2D eigenvalue weighted by Gasteiger charge is -2.24. The van der Waals surface area contributed by atoms with Gasteiger partial charge in [-0.1, -0.05) is 109 Å². The van der Waals surface area contributed by atoms with Gasteiger partial charge in [-0.2, -0.15) is 0 Å². The molecule has 2 fully saturated rings. The maximum Gasteiger partial charge on any atom is 0.224 e. The van der Waals surface area contributed by atoms with Crippen molar-refractivity contribution >= 4 is 34.8 Å². The highest BCUT2D eigenvalue weighted by Gasteiger charge is 2.23. The van der Waals surface area contributed by atoms with Crippen molar-refractivity contribution in [2.45, 2.75) is 69.6 Å². The number of carbonyl (C=O) groups excluding carboxylic acids is 4. The van der Waals surface area contributed by atoms with Crippen LogP contribution in [0.3, 0.4) is 0 Å². The maximum atomic E-state index is 14.3. The van der Waals surface area contributed by atoms with E-state index in [-0.39, 0.29) is 60.1 Å². The highest BCUT2D eigenvalue weighted by molar-refractivity contribution is 6.00. The van der Waals surface area contributed by atoms with Crippen LogP contribution >= 0.6 is 0 Å². The van der Waals surface area contributed by atoms with E-state index in [2.05, 4.69) is 21.3 Å². The van der Waals surface area contributed by atoms with Gasteiger partial charge in [0.15, 0.2) is 11.6 Å². The SMILES string of the molecule is O=C(CCC(=O)c1ccc(-c2ccccc2)cc1)Nc1cc(C2CCNCC2)c(F)cc1F.O=C(CCCC(=O)c1ccc(-c2ccccc2)cc1)Nc1ccc(F)c(C2CCNCC2)c1. The summed E-state index contributed by atoms with van der Waals surface area (Å²) in [7, 11) is 0. The normalized spacial score (nSPS) is 14.1. The number of benzene rings is 6. The number of hydrogen-bond acceptors (Lipinski definition) is 6. The Morgan fingerprint density at radius 2 is 0.924 bits per heavy atom. The Labute approximate surface area is 384 Å². The molecular formula is C55H55F3N4O4. The van der Waals surface area contributed by atoms with Gasteiger partial charge in [0.25, 0.3) is 0 Å². The maximum absolute atomic E-state index is 14.3. The lowest BCUT2D eigenvalue weighted by molar-refractivity contribution is -0.117. The van der Waals surface area contributed by atoms with Crippen molar-refractivity contribution in [3.05, 3.63) is 179 Å². The van der Waals surface area contributed by atoms with Crippen LogP contribution in [0.2, 0.25) is 0 Å². The second-order valence-corrected chi connectivity index (χ2v) is 16.8. The van der Waals surface area contributed by atoms with Crippen LogP contribution in [0.1, 0.15) is 101 Å². The number of Topliss-reactive ketones (excluding diaryl/α,β-unsaturated/α-hetero) is 2. The third-order valence-electron chi connectivity index (χ3n) is 12.2. The third-order valence-corrected chi connectivity index (χ3v) is 12.2. The van der Waals surface area contributed by atoms with E-state index in [9.17, 15) is 32.3 Å². The van der Waals surface area contributed by atoms with Gasteiger partial charge in [0.1, 0.15) is 17.5 Å². The van der Waals surface area contributed by atoms with Crippen LogP contribution in [0, 0.1) is 17.5 Å². The highest BCUT2D eigenvalue weighted by atomic mass is 19.1. The Hall–Kier alpha value is -6.69. The second-order valence-electron chi connectivity index (χ2n) is 16.8. The van der Waals surface area contributed by atoms with E-state index in [0.29, 0.717) is 40.8 Å². The molecule has 0 saturated carbocycles. The van der Waals surface area contributed by atoms with Crippen LogP contribution in [0.5, 0.6) is 0 Å². The molecule has 2 heterocycles. The first kappa shape index (κ1) is 47.3. The van der Waals surface area contributed by atoms with E-state index >= 15 is 0 Å². The van der Waals surface area contributed by atoms with Gasteiger partial charge in [-0.05, 0) is 128 Å². The number of hydrogen-bond donors (Lipinski definition) is 4. The average molecular weight is 893 g/mol. The fourth-order valence-electron chi connectivity index (χ4n) is 8.49. The molecule has 0 aliphatic carbocycles. The number of ketones is 2. The number of amides is 2. The first-order valence-corrected chi connectivity index (χ1v) is 22.8. The van der Waals surface area contributed by atoms with Crippen LogP contribution in [-0.4, -0.2) is 49.6 Å². The summed E-state index contributed by atoms with van der Waals surface area (Å²) < 4.78 is 42.9. The third kappa shape index (κ3) is 13.2. The summed E-state index contributed by atoms with van der Waals surface area (Å²) in [4.78, 5) is 49.8. The van der Waals surface area contributed by atoms with Crippen molar-refractivity contribution < 1.29 is 32.3 Å². The molecule has 6 aromatic rings. The van der Waals surface area contributed by atoms with E-state index in [0.717, 1.165) is 80.2 Å². The van der Waals surface area contributed by atoms with Gasteiger partial charge in [-0.15, -0.1) is 0 Å². The molecule has 6 aromatic carbocycles. The number of carbonyl (C=O) groups is 4. The number of piperidine rings is 2. The summed E-state index contributed by atoms with van der Waals surface area (Å²) in [6.07, 6.45) is 4.23. The minimum Gasteiger partial charge on any atom is -0.326 e. The molecule has 0 aromatic heterocycles. The van der Waals surface area contributed by atoms with Gasteiger partial charge in [-0.25, -0.2) is 13.2 Å². The van der Waals surface area contributed by atoms with Gasteiger partial charge < -0.3 is 21.3 Å². The summed E-state index contributed by atoms with van der Waals surface area (Å²) in [5.74, 6) is -2.25. The number of anilines is 2. The summed E-state index contributed by atoms with van der Waals surface area (Å²) in [5.41, 5.74) is 7.05. The smallest absolute Gasteiger partial charge is 0.224 e. The molecule has 0 radical (unpaired) electrons. The molecule has 4 N–H and O–H groups in total. The molecular weight excluding hydrogens is 838 g/mol. The van der Waals surface area contributed by atoms with Crippen molar-refractivity contribution in [1.82, 2.24) is 10.6 Å². The molecule has 8 rings (SSSR count). The second kappa shape index (κ2) is 23.5. The van der Waals surface area contributed by atoms with E-state index in [1.807, 2.05) is 97.1 Å². The largest absolute Gasteiger partial charge is 0.326 e. The van der Waals surface area contributed by atoms with Crippen LogP contribution in [0.4, 0.5) is 24.5 Å². The monoisotopic (exact) mass is 892 g/mol. The van der Waals surface area contributed by atoms with Crippen molar-refractivity contribution in [3.63, 3.8) is 0 Å². The predicted molar refractivity (Wildman–Crippen MR) is 255 cm³/mol. The summed E-state index contributed by atoms with van der Waals surface area (Å²) >= 11 is 0. The predicted octanol–water partition coefficient (Wildman–Crippen LogP) is 11.7. The summed E-state index contributed by atoms with van der Waals surface area (Å²) in [5, 5.41) is 11.9. The number of rotatable bonds is 15. The number of nitrogens with one attached hydrogen (secondary N) is 4. The van der Waals surface area contributed by atoms with Crippen molar-refractivity contribution in [2.75, 3.05) is 36.8 Å². The Morgan fingerprint density at radius 3 is 1.45 bits per heavy atom. The van der Waals surface area contributed by atoms with Crippen molar-refractivity contribution in [2.24, 2.45) is 0 Å². The van der Waals surface area contributed by atoms with Gasteiger partial charge in [0.05, 0.1) is 5.69 Å². The highest BCUT2D eigenvalue weighted by Crippen LogP contribution is 2.32. The van der Waals surface area contributed by atoms with Crippen LogP contribution in [-0.2, 0) is 9.59 Å². The molecule has 0 atom stereocenters. The topological polar surface area (TPSA) is 116 Å². The zero-order valence-corrected chi connectivity index (χ0v) is 36.9. The molecule has 11 heteroatoms. The van der Waals surface area contributed by atoms with Crippen LogP contribution in [0.15, 0.2) is 140 Å². The lowest BCUT2D eigenvalue weighted by Crippen LogP contribution is -2.27. The molecule has 2 aliphatic heterocycles. The Kier molecular flexibility index (Phi) is 16.8. The standard InChI is InChI=1S/C28H29FN2O2.C27H26F2N2O2/c29-26-14-13-24(19-25(26)22-15-17-30-18-16-22)31-28(33)8-4-7-27(32)23-11-9-21(10-12-23)20-5-2-1-3-6-20;28-23-17-24(29)25(16-22(23)20-12-14-30-15-13-20)31-27(33)11-10-26(32)21-8-6-19(7-9-21)18-4-2-1-3-5-18/h1-3,5-6,9-14,19,22,30H,4,7-8,15-18H2,(H,31,33);1-9,16-17,20,30H,10-15H2,(H,31,33). The van der Waals surface area contributed by atoms with Crippen molar-refractivity contribution in [1.29, 1.82) is 0 Å². The summed E-state index contributed by atoms with van der Waals surface area (Å²) in [6.45, 7) is 3.31. The average Bonchev–Trinajstić information content (AvgIpc) is 3.36. The van der Waals surface area contributed by atoms with Gasteiger partial charge >= 0.3 is 0 Å². The molecule has 2 saturated heterocycles. The van der Waals surface area contributed by atoms with Gasteiger partial charge in [0.2, 0.25) is 11.8 Å². The van der Waals surface area contributed by atoms with E-state index < -0.39 is 17.5 Å². The minimum absolute atomic E-state index is 0.000478. The summed E-state index contributed by atoms with van der Waals surface area (Å²) in [6, 6.07) is 41.6. The minimum atomic E-state index is -0.818. The van der Waals surface area contributed by atoms with E-state index in [4.69, 9.17) is 0 Å². The number of halogens is 3. The van der Waals surface area contributed by atoms with Crippen molar-refractivity contribution in [3.8, 4) is 22.3 Å². The first-order valence-electron chi connectivity index (χ1n) is 22.8. The van der Waals surface area contributed by atoms with Crippen LogP contribution in [0.25, 0.3) is 22.3 Å². The Bertz CT molecular complexity index is 2580. The van der Waals surface area contributed by atoms with Crippen LogP contribution < -0.4 is 21.3 Å². The zero-order chi connectivity index (χ0) is 46.3. The van der Waals surface area contributed by atoms with E-state index in [1.54, 1.807) is 24.3 Å².